The molecule has 19 heavy (non-hydrogen) atoms. The van der Waals surface area contributed by atoms with E-state index in [9.17, 15) is 4.79 Å². The maximum Gasteiger partial charge on any atom is 0.251 e. The zero-order valence-corrected chi connectivity index (χ0v) is 13.6. The summed E-state index contributed by atoms with van der Waals surface area (Å²) >= 11 is 5.29. The van der Waals surface area contributed by atoms with Crippen molar-refractivity contribution in [1.29, 1.82) is 0 Å². The highest BCUT2D eigenvalue weighted by Crippen LogP contribution is 2.27. The van der Waals surface area contributed by atoms with E-state index in [-0.39, 0.29) is 5.91 Å². The quantitative estimate of drug-likeness (QED) is 0.839. The fourth-order valence-corrected chi connectivity index (χ4v) is 3.85. The molecule has 4 heteroatoms. The van der Waals surface area contributed by atoms with Crippen molar-refractivity contribution >= 4 is 33.6 Å². The Bertz CT molecular complexity index is 421. The number of benzene rings is 1. The molecule has 104 valence electrons. The number of nitrogens with one attached hydrogen (secondary N) is 1. The summed E-state index contributed by atoms with van der Waals surface area (Å²) in [5.74, 6) is 0.0621. The Morgan fingerprint density at radius 2 is 2.00 bits per heavy atom. The van der Waals surface area contributed by atoms with Gasteiger partial charge >= 0.3 is 0 Å². The van der Waals surface area contributed by atoms with Crippen LogP contribution in [-0.2, 0) is 5.33 Å². The van der Waals surface area contributed by atoms with Gasteiger partial charge in [-0.1, -0.05) is 40.9 Å². The fraction of sp³-hybridized carbons (Fsp3) is 0.533. The Balaban J connectivity index is 1.98. The molecule has 2 atom stereocenters. The fourth-order valence-electron chi connectivity index (χ4n) is 2.54. The van der Waals surface area contributed by atoms with Gasteiger partial charge < -0.3 is 5.32 Å². The Labute approximate surface area is 127 Å². The molecule has 2 unspecified atom stereocenters. The number of carbonyl (C=O) groups excluding carboxylic acids is 1. The lowest BCUT2D eigenvalue weighted by Gasteiger charge is -2.30. The molecular weight excluding hydrogens is 322 g/mol. The summed E-state index contributed by atoms with van der Waals surface area (Å²) in [4.78, 5) is 12.2. The highest BCUT2D eigenvalue weighted by atomic mass is 79.9. The predicted molar refractivity (Wildman–Crippen MR) is 86.1 cm³/mol. The van der Waals surface area contributed by atoms with E-state index < -0.39 is 0 Å². The Morgan fingerprint density at radius 1 is 1.32 bits per heavy atom. The molecule has 1 aromatic carbocycles. The molecule has 0 bridgehead atoms. The first kappa shape index (κ1) is 14.9. The first-order valence-corrected chi connectivity index (χ1v) is 9.14. The molecule has 0 radical (unpaired) electrons. The van der Waals surface area contributed by atoms with Crippen LogP contribution in [0.25, 0.3) is 0 Å². The van der Waals surface area contributed by atoms with Crippen LogP contribution >= 0.6 is 27.7 Å². The molecule has 2 rings (SSSR count). The molecule has 0 heterocycles. The van der Waals surface area contributed by atoms with Crippen molar-refractivity contribution in [2.75, 3.05) is 6.26 Å². The SMILES string of the molecule is CSC1CCCCC1NC(=O)c1ccc(CBr)cc1. The van der Waals surface area contributed by atoms with Crippen molar-refractivity contribution in [3.8, 4) is 0 Å². The van der Waals surface area contributed by atoms with Gasteiger partial charge in [0.1, 0.15) is 0 Å². The molecule has 0 aliphatic heterocycles. The van der Waals surface area contributed by atoms with Crippen LogP contribution in [0.4, 0.5) is 0 Å². The number of hydrogen-bond donors (Lipinski definition) is 1. The minimum absolute atomic E-state index is 0.0621. The number of alkyl halides is 1. The Morgan fingerprint density at radius 3 is 2.63 bits per heavy atom. The molecule has 0 aromatic heterocycles. The van der Waals surface area contributed by atoms with E-state index >= 15 is 0 Å². The van der Waals surface area contributed by atoms with Gasteiger partial charge in [-0.3, -0.25) is 4.79 Å². The van der Waals surface area contributed by atoms with Crippen LogP contribution in [0.5, 0.6) is 0 Å². The lowest BCUT2D eigenvalue weighted by Crippen LogP contribution is -2.43. The third kappa shape index (κ3) is 3.99. The summed E-state index contributed by atoms with van der Waals surface area (Å²) in [6, 6.07) is 8.13. The van der Waals surface area contributed by atoms with Crippen LogP contribution in [0.15, 0.2) is 24.3 Å². The van der Waals surface area contributed by atoms with Gasteiger partial charge in [-0.05, 0) is 36.8 Å². The van der Waals surface area contributed by atoms with Crippen molar-refractivity contribution in [2.24, 2.45) is 0 Å². The standard InChI is InChI=1S/C15H20BrNOS/c1-19-14-5-3-2-4-13(14)17-15(18)12-8-6-11(10-16)7-9-12/h6-9,13-14H,2-5,10H2,1H3,(H,17,18). The second-order valence-corrected chi connectivity index (χ2v) is 6.61. The maximum atomic E-state index is 12.2. The minimum Gasteiger partial charge on any atom is -0.348 e. The second kappa shape index (κ2) is 7.34. The smallest absolute Gasteiger partial charge is 0.251 e. The van der Waals surface area contributed by atoms with Gasteiger partial charge in [-0.2, -0.15) is 11.8 Å². The molecule has 1 amide bonds. The average Bonchev–Trinajstić information content (AvgIpc) is 2.48. The van der Waals surface area contributed by atoms with Crippen molar-refractivity contribution in [3.63, 3.8) is 0 Å². The van der Waals surface area contributed by atoms with Crippen LogP contribution in [-0.4, -0.2) is 23.5 Å². The molecule has 1 aromatic rings. The van der Waals surface area contributed by atoms with Gasteiger partial charge in [0.25, 0.3) is 5.91 Å². The molecule has 1 fully saturated rings. The van der Waals surface area contributed by atoms with E-state index in [2.05, 4.69) is 27.5 Å². The molecule has 1 aliphatic rings. The lowest BCUT2D eigenvalue weighted by atomic mass is 9.94. The molecule has 0 saturated heterocycles. The highest BCUT2D eigenvalue weighted by Gasteiger charge is 2.25. The second-order valence-electron chi connectivity index (χ2n) is 4.97. The van der Waals surface area contributed by atoms with Crippen molar-refractivity contribution in [1.82, 2.24) is 5.32 Å². The molecular formula is C15H20BrNOS. The summed E-state index contributed by atoms with van der Waals surface area (Å²) < 4.78 is 0. The van der Waals surface area contributed by atoms with Crippen molar-refractivity contribution < 1.29 is 4.79 Å². The number of rotatable bonds is 4. The Hall–Kier alpha value is -0.480. The first-order valence-electron chi connectivity index (χ1n) is 6.73. The van der Waals surface area contributed by atoms with Crippen LogP contribution in [0.2, 0.25) is 0 Å². The highest BCUT2D eigenvalue weighted by molar-refractivity contribution is 9.08. The van der Waals surface area contributed by atoms with Gasteiger partial charge in [-0.15, -0.1) is 0 Å². The minimum atomic E-state index is 0.0621. The van der Waals surface area contributed by atoms with Crippen molar-refractivity contribution in [3.05, 3.63) is 35.4 Å². The van der Waals surface area contributed by atoms with Gasteiger partial charge in [-0.25, -0.2) is 0 Å². The zero-order valence-electron chi connectivity index (χ0n) is 11.2. The summed E-state index contributed by atoms with van der Waals surface area (Å²) in [6.45, 7) is 0. The van der Waals surface area contributed by atoms with Gasteiger partial charge in [0, 0.05) is 22.2 Å². The number of halogens is 1. The van der Waals surface area contributed by atoms with E-state index in [1.54, 1.807) is 0 Å². The van der Waals surface area contributed by atoms with Crippen LogP contribution in [0, 0.1) is 0 Å². The molecule has 1 saturated carbocycles. The summed E-state index contributed by atoms with van der Waals surface area (Å²) in [5, 5.41) is 4.60. The Kier molecular flexibility index (Phi) is 5.76. The summed E-state index contributed by atoms with van der Waals surface area (Å²) in [6.07, 6.45) is 6.98. The molecule has 0 spiro atoms. The topological polar surface area (TPSA) is 29.1 Å². The predicted octanol–water partition coefficient (Wildman–Crippen LogP) is 3.99. The van der Waals surface area contributed by atoms with Gasteiger partial charge in [0.05, 0.1) is 0 Å². The summed E-state index contributed by atoms with van der Waals surface area (Å²) in [5.41, 5.74) is 1.95. The molecule has 2 nitrogen and oxygen atoms in total. The summed E-state index contributed by atoms with van der Waals surface area (Å²) in [7, 11) is 0. The van der Waals surface area contributed by atoms with Gasteiger partial charge in [0.15, 0.2) is 0 Å². The van der Waals surface area contributed by atoms with E-state index in [1.165, 1.54) is 24.8 Å². The third-order valence-electron chi connectivity index (χ3n) is 3.69. The number of thioether (sulfide) groups is 1. The maximum absolute atomic E-state index is 12.2. The normalized spacial score (nSPS) is 23.1. The largest absolute Gasteiger partial charge is 0.348 e. The number of carbonyl (C=O) groups is 1. The number of hydrogen-bond acceptors (Lipinski definition) is 2. The van der Waals surface area contributed by atoms with E-state index in [0.29, 0.717) is 11.3 Å². The zero-order chi connectivity index (χ0) is 13.7. The number of amides is 1. The monoisotopic (exact) mass is 341 g/mol. The van der Waals surface area contributed by atoms with Crippen LogP contribution in [0.1, 0.15) is 41.6 Å². The molecule has 1 aliphatic carbocycles. The van der Waals surface area contributed by atoms with Crippen molar-refractivity contribution in [2.45, 2.75) is 42.3 Å². The lowest BCUT2D eigenvalue weighted by molar-refractivity contribution is 0.0929. The average molecular weight is 342 g/mol. The third-order valence-corrected chi connectivity index (χ3v) is 5.51. The van der Waals surface area contributed by atoms with Crippen LogP contribution < -0.4 is 5.32 Å². The van der Waals surface area contributed by atoms with E-state index in [0.717, 1.165) is 17.3 Å². The first-order chi connectivity index (χ1) is 9.24. The molecule has 1 N–H and O–H groups in total. The van der Waals surface area contributed by atoms with E-state index in [4.69, 9.17) is 0 Å². The van der Waals surface area contributed by atoms with Crippen LogP contribution in [0.3, 0.4) is 0 Å². The van der Waals surface area contributed by atoms with E-state index in [1.807, 2.05) is 36.0 Å². The van der Waals surface area contributed by atoms with Gasteiger partial charge in [0.2, 0.25) is 0 Å².